The normalized spacial score (nSPS) is 11.6. The van der Waals surface area contributed by atoms with E-state index >= 15 is 0 Å². The van der Waals surface area contributed by atoms with Gasteiger partial charge in [0.15, 0.2) is 0 Å². The zero-order chi connectivity index (χ0) is 19.1. The second-order valence-electron chi connectivity index (χ2n) is 7.55. The third-order valence-electron chi connectivity index (χ3n) is 5.11. The van der Waals surface area contributed by atoms with Gasteiger partial charge in [0.05, 0.1) is 17.3 Å². The van der Waals surface area contributed by atoms with Crippen molar-refractivity contribution >= 4 is 21.9 Å². The molecule has 0 saturated carbocycles. The lowest BCUT2D eigenvalue weighted by atomic mass is 9.87. The van der Waals surface area contributed by atoms with Crippen molar-refractivity contribution in [1.29, 1.82) is 5.26 Å². The highest BCUT2D eigenvalue weighted by Gasteiger charge is 2.23. The van der Waals surface area contributed by atoms with E-state index < -0.39 is 0 Å². The van der Waals surface area contributed by atoms with Gasteiger partial charge in [-0.2, -0.15) is 5.26 Å². The Balaban J connectivity index is 2.17. The molecule has 3 heteroatoms. The topological polar surface area (TPSA) is 49.8 Å². The molecule has 0 aliphatic rings. The third-order valence-corrected chi connectivity index (χ3v) is 5.11. The minimum Gasteiger partial charge on any atom is -0.455 e. The van der Waals surface area contributed by atoms with Gasteiger partial charge in [0.25, 0.3) is 0 Å². The van der Waals surface area contributed by atoms with Crippen molar-refractivity contribution < 1.29 is 4.42 Å². The summed E-state index contributed by atoms with van der Waals surface area (Å²) in [5.74, 6) is 0.463. The van der Waals surface area contributed by atoms with Crippen LogP contribution in [0.4, 0.5) is 0 Å². The molecule has 0 unspecified atom stereocenters. The highest BCUT2D eigenvalue weighted by Crippen LogP contribution is 2.41. The van der Waals surface area contributed by atoms with E-state index in [4.69, 9.17) is 4.42 Å². The maximum absolute atomic E-state index is 9.86. The molecule has 0 aliphatic heterocycles. The summed E-state index contributed by atoms with van der Waals surface area (Å²) in [6.07, 6.45) is 1.79. The van der Waals surface area contributed by atoms with E-state index in [1.165, 1.54) is 0 Å². The summed E-state index contributed by atoms with van der Waals surface area (Å²) in [7, 11) is 0. The van der Waals surface area contributed by atoms with Gasteiger partial charge in [-0.25, -0.2) is 0 Å². The van der Waals surface area contributed by atoms with Crippen LogP contribution in [-0.2, 0) is 0 Å². The SMILES string of the molecule is CC(C)c1cc2c(oc3c(-c4ccccn4)cccc32)c(C(C)C)c1C#N. The van der Waals surface area contributed by atoms with Crippen molar-refractivity contribution in [2.45, 2.75) is 39.5 Å². The number of furan rings is 1. The summed E-state index contributed by atoms with van der Waals surface area (Å²) in [4.78, 5) is 4.49. The number of rotatable bonds is 3. The van der Waals surface area contributed by atoms with Crippen molar-refractivity contribution in [3.05, 3.63) is 65.4 Å². The molecule has 0 N–H and O–H groups in total. The minimum atomic E-state index is 0.194. The van der Waals surface area contributed by atoms with Gasteiger partial charge in [0.1, 0.15) is 11.2 Å². The maximum atomic E-state index is 9.86. The molecular formula is C24H22N2O. The molecule has 0 saturated heterocycles. The zero-order valence-corrected chi connectivity index (χ0v) is 16.1. The van der Waals surface area contributed by atoms with E-state index in [1.807, 2.05) is 30.3 Å². The summed E-state index contributed by atoms with van der Waals surface area (Å²) in [6.45, 7) is 8.50. The van der Waals surface area contributed by atoms with E-state index in [-0.39, 0.29) is 11.8 Å². The van der Waals surface area contributed by atoms with E-state index in [0.717, 1.165) is 49.9 Å². The largest absolute Gasteiger partial charge is 0.455 e. The fourth-order valence-electron chi connectivity index (χ4n) is 3.83. The smallest absolute Gasteiger partial charge is 0.144 e. The van der Waals surface area contributed by atoms with Gasteiger partial charge >= 0.3 is 0 Å². The number of para-hydroxylation sites is 1. The molecule has 0 aliphatic carbocycles. The monoisotopic (exact) mass is 354 g/mol. The first-order chi connectivity index (χ1) is 13.0. The molecule has 0 bridgehead atoms. The number of hydrogen-bond donors (Lipinski definition) is 0. The molecule has 0 spiro atoms. The van der Waals surface area contributed by atoms with Gasteiger partial charge in [-0.05, 0) is 41.7 Å². The second kappa shape index (κ2) is 6.55. The quantitative estimate of drug-likeness (QED) is 0.408. The summed E-state index contributed by atoms with van der Waals surface area (Å²) >= 11 is 0. The molecule has 0 fully saturated rings. The first-order valence-electron chi connectivity index (χ1n) is 9.36. The molecule has 27 heavy (non-hydrogen) atoms. The summed E-state index contributed by atoms with van der Waals surface area (Å²) < 4.78 is 6.42. The predicted molar refractivity (Wildman–Crippen MR) is 110 cm³/mol. The van der Waals surface area contributed by atoms with Crippen molar-refractivity contribution in [2.75, 3.05) is 0 Å². The number of pyridine rings is 1. The number of nitriles is 1. The Labute approximate surface area is 159 Å². The average Bonchev–Trinajstić information content (AvgIpc) is 3.05. The van der Waals surface area contributed by atoms with Crippen LogP contribution in [0.3, 0.4) is 0 Å². The number of nitrogens with zero attached hydrogens (tertiary/aromatic N) is 2. The van der Waals surface area contributed by atoms with Gasteiger partial charge in [0, 0.05) is 28.1 Å². The van der Waals surface area contributed by atoms with Gasteiger partial charge in [0.2, 0.25) is 0 Å². The molecule has 3 nitrogen and oxygen atoms in total. The lowest BCUT2D eigenvalue weighted by Gasteiger charge is -2.15. The first kappa shape index (κ1) is 17.3. The van der Waals surface area contributed by atoms with E-state index in [9.17, 15) is 5.26 Å². The lowest BCUT2D eigenvalue weighted by Crippen LogP contribution is -2.01. The molecule has 0 amide bonds. The fourth-order valence-corrected chi connectivity index (χ4v) is 3.83. The lowest BCUT2D eigenvalue weighted by molar-refractivity contribution is 0.656. The number of benzene rings is 2. The molecule has 2 aromatic carbocycles. The maximum Gasteiger partial charge on any atom is 0.144 e. The second-order valence-corrected chi connectivity index (χ2v) is 7.55. The predicted octanol–water partition coefficient (Wildman–Crippen LogP) is 6.77. The highest BCUT2D eigenvalue weighted by molar-refractivity contribution is 6.10. The van der Waals surface area contributed by atoms with Crippen LogP contribution >= 0.6 is 0 Å². The molecule has 2 aromatic heterocycles. The first-order valence-corrected chi connectivity index (χ1v) is 9.36. The Hall–Kier alpha value is -3.12. The Morgan fingerprint density at radius 1 is 0.926 bits per heavy atom. The van der Waals surface area contributed by atoms with E-state index in [1.54, 1.807) is 6.20 Å². The molecule has 0 radical (unpaired) electrons. The van der Waals surface area contributed by atoms with Gasteiger partial charge in [-0.3, -0.25) is 4.98 Å². The Morgan fingerprint density at radius 3 is 2.37 bits per heavy atom. The van der Waals surface area contributed by atoms with Gasteiger partial charge in [-0.1, -0.05) is 45.9 Å². The average molecular weight is 354 g/mol. The van der Waals surface area contributed by atoms with Crippen LogP contribution in [0.2, 0.25) is 0 Å². The van der Waals surface area contributed by atoms with Gasteiger partial charge in [-0.15, -0.1) is 0 Å². The van der Waals surface area contributed by atoms with Crippen LogP contribution in [0.25, 0.3) is 33.2 Å². The van der Waals surface area contributed by atoms with Crippen LogP contribution in [0, 0.1) is 11.3 Å². The van der Waals surface area contributed by atoms with Crippen molar-refractivity contribution in [3.63, 3.8) is 0 Å². The number of fused-ring (bicyclic) bond motifs is 3. The summed E-state index contributed by atoms with van der Waals surface area (Å²) in [5.41, 5.74) is 6.36. The van der Waals surface area contributed by atoms with Crippen LogP contribution in [0.1, 0.15) is 56.2 Å². The standard InChI is InChI=1S/C24H22N2O/c1-14(2)18-12-19-16-8-7-9-17(21-10-5-6-11-26-21)23(16)27-24(19)22(15(3)4)20(18)13-25/h5-12,14-15H,1-4H3. The molecule has 4 rings (SSSR count). The van der Waals surface area contributed by atoms with Gasteiger partial charge < -0.3 is 4.42 Å². The number of aromatic nitrogens is 1. The highest BCUT2D eigenvalue weighted by atomic mass is 16.3. The Bertz CT molecular complexity index is 1180. The zero-order valence-electron chi connectivity index (χ0n) is 16.1. The van der Waals surface area contributed by atoms with Crippen LogP contribution in [0.15, 0.2) is 53.1 Å². The van der Waals surface area contributed by atoms with Crippen molar-refractivity contribution in [3.8, 4) is 17.3 Å². The third kappa shape index (κ3) is 2.69. The molecular weight excluding hydrogens is 332 g/mol. The molecule has 4 aromatic rings. The van der Waals surface area contributed by atoms with Crippen molar-refractivity contribution in [1.82, 2.24) is 4.98 Å². The van der Waals surface area contributed by atoms with Crippen LogP contribution in [0.5, 0.6) is 0 Å². The Morgan fingerprint density at radius 2 is 1.74 bits per heavy atom. The molecule has 0 atom stereocenters. The van der Waals surface area contributed by atoms with E-state index in [2.05, 4.69) is 50.9 Å². The van der Waals surface area contributed by atoms with Crippen molar-refractivity contribution in [2.24, 2.45) is 0 Å². The molecule has 2 heterocycles. The van der Waals surface area contributed by atoms with Crippen LogP contribution < -0.4 is 0 Å². The number of hydrogen-bond acceptors (Lipinski definition) is 3. The minimum absolute atomic E-state index is 0.194. The van der Waals surface area contributed by atoms with E-state index in [0.29, 0.717) is 0 Å². The summed E-state index contributed by atoms with van der Waals surface area (Å²) in [6, 6.07) is 16.6. The Kier molecular flexibility index (Phi) is 4.20. The summed E-state index contributed by atoms with van der Waals surface area (Å²) in [5, 5.41) is 12.0. The molecule has 134 valence electrons. The van der Waals surface area contributed by atoms with Crippen LogP contribution in [-0.4, -0.2) is 4.98 Å². The fraction of sp³-hybridized carbons (Fsp3) is 0.250.